The lowest BCUT2D eigenvalue weighted by Crippen LogP contribution is -2.46. The van der Waals surface area contributed by atoms with E-state index in [9.17, 15) is 9.18 Å². The number of aromatic nitrogens is 1. The minimum Gasteiger partial charge on any atom is -0.464 e. The summed E-state index contributed by atoms with van der Waals surface area (Å²) in [6.07, 6.45) is 3.56. The van der Waals surface area contributed by atoms with Gasteiger partial charge < -0.3 is 13.7 Å². The van der Waals surface area contributed by atoms with Crippen LogP contribution in [-0.2, 0) is 13.5 Å². The summed E-state index contributed by atoms with van der Waals surface area (Å²) >= 11 is 6.30. The van der Waals surface area contributed by atoms with Crippen LogP contribution in [-0.4, -0.2) is 42.2 Å². The fourth-order valence-electron chi connectivity index (χ4n) is 4.36. The Morgan fingerprint density at radius 3 is 2.74 bits per heavy atom. The molecule has 0 unspecified atom stereocenters. The van der Waals surface area contributed by atoms with Crippen molar-refractivity contribution >= 4 is 39.4 Å². The Balaban J connectivity index is 1.21. The van der Waals surface area contributed by atoms with E-state index >= 15 is 0 Å². The summed E-state index contributed by atoms with van der Waals surface area (Å²) in [6, 6.07) is 8.26. The molecule has 2 aromatic carbocycles. The van der Waals surface area contributed by atoms with Crippen LogP contribution in [0.3, 0.4) is 0 Å². The Morgan fingerprint density at radius 1 is 1.13 bits per heavy atom. The number of rotatable bonds is 5. The number of halogens is 2. The van der Waals surface area contributed by atoms with Gasteiger partial charge in [0.15, 0.2) is 5.58 Å². The van der Waals surface area contributed by atoms with Gasteiger partial charge in [0.05, 0.1) is 17.5 Å². The third-order valence-electron chi connectivity index (χ3n) is 6.09. The van der Waals surface area contributed by atoms with E-state index < -0.39 is 0 Å². The fraction of sp³-hybridized carbons (Fsp3) is 0.348. The summed E-state index contributed by atoms with van der Waals surface area (Å²) in [7, 11) is 1.68. The smallest absolute Gasteiger partial charge is 0.419 e. The molecule has 1 saturated heterocycles. The summed E-state index contributed by atoms with van der Waals surface area (Å²) in [6.45, 7) is 4.43. The quantitative estimate of drug-likeness (QED) is 0.457. The monoisotopic (exact) mass is 443 g/mol. The van der Waals surface area contributed by atoms with Crippen molar-refractivity contribution in [2.45, 2.75) is 12.8 Å². The minimum atomic E-state index is -0.385. The first kappa shape index (κ1) is 20.2. The normalized spacial score (nSPS) is 15.4. The highest BCUT2D eigenvalue weighted by atomic mass is 35.5. The molecular weight excluding hydrogens is 421 g/mol. The lowest BCUT2D eigenvalue weighted by Gasteiger charge is -2.36. The van der Waals surface area contributed by atoms with E-state index in [0.717, 1.165) is 67.8 Å². The van der Waals surface area contributed by atoms with Crippen LogP contribution in [0.25, 0.3) is 22.1 Å². The van der Waals surface area contributed by atoms with Crippen molar-refractivity contribution in [3.05, 3.63) is 63.5 Å². The van der Waals surface area contributed by atoms with Crippen LogP contribution in [0.1, 0.15) is 12.0 Å². The Kier molecular flexibility index (Phi) is 5.24. The summed E-state index contributed by atoms with van der Waals surface area (Å²) in [5.74, 6) is -0.626. The Labute approximate surface area is 183 Å². The number of aryl methyl sites for hydroxylation is 2. The van der Waals surface area contributed by atoms with Gasteiger partial charge in [-0.05, 0) is 55.3 Å². The maximum Gasteiger partial charge on any atom is 0.419 e. The maximum absolute atomic E-state index is 13.5. The molecule has 8 heteroatoms. The average molecular weight is 444 g/mol. The minimum absolute atomic E-state index is 0.240. The van der Waals surface area contributed by atoms with E-state index in [1.807, 2.05) is 6.07 Å². The van der Waals surface area contributed by atoms with Crippen LogP contribution in [0.5, 0.6) is 0 Å². The second kappa shape index (κ2) is 8.05. The third kappa shape index (κ3) is 3.83. The topological polar surface area (TPSA) is 54.8 Å². The van der Waals surface area contributed by atoms with Crippen LogP contribution in [0.15, 0.2) is 50.2 Å². The molecular formula is C23H23ClFN3O3. The van der Waals surface area contributed by atoms with Gasteiger partial charge in [-0.15, -0.1) is 0 Å². The second-order valence-electron chi connectivity index (χ2n) is 8.03. The second-order valence-corrected chi connectivity index (χ2v) is 8.47. The van der Waals surface area contributed by atoms with E-state index in [-0.39, 0.29) is 11.6 Å². The molecule has 0 spiro atoms. The number of hydrogen-bond acceptors (Lipinski definition) is 5. The molecule has 0 aliphatic carbocycles. The van der Waals surface area contributed by atoms with E-state index in [4.69, 9.17) is 20.4 Å². The van der Waals surface area contributed by atoms with Crippen LogP contribution in [0.2, 0.25) is 5.02 Å². The molecule has 0 N–H and O–H groups in total. The van der Waals surface area contributed by atoms with E-state index in [0.29, 0.717) is 16.1 Å². The number of fused-ring (bicyclic) bond motifs is 2. The van der Waals surface area contributed by atoms with Crippen LogP contribution >= 0.6 is 11.6 Å². The van der Waals surface area contributed by atoms with Crippen molar-refractivity contribution in [3.63, 3.8) is 0 Å². The first-order valence-corrected chi connectivity index (χ1v) is 10.8. The van der Waals surface area contributed by atoms with Crippen molar-refractivity contribution in [1.29, 1.82) is 0 Å². The first-order valence-electron chi connectivity index (χ1n) is 10.4. The molecule has 6 nitrogen and oxygen atoms in total. The van der Waals surface area contributed by atoms with Crippen molar-refractivity contribution < 1.29 is 13.2 Å². The van der Waals surface area contributed by atoms with Gasteiger partial charge in [0.2, 0.25) is 0 Å². The number of nitrogens with zero attached hydrogens (tertiary/aromatic N) is 3. The van der Waals surface area contributed by atoms with Gasteiger partial charge in [0.1, 0.15) is 11.4 Å². The zero-order valence-corrected chi connectivity index (χ0v) is 18.0. The highest BCUT2D eigenvalue weighted by Gasteiger charge is 2.22. The maximum atomic E-state index is 13.5. The molecule has 0 bridgehead atoms. The predicted octanol–water partition coefficient (Wildman–Crippen LogP) is 4.43. The molecule has 0 radical (unpaired) electrons. The van der Waals surface area contributed by atoms with Crippen molar-refractivity contribution in [1.82, 2.24) is 9.47 Å². The van der Waals surface area contributed by atoms with E-state index in [2.05, 4.69) is 9.80 Å². The summed E-state index contributed by atoms with van der Waals surface area (Å²) in [4.78, 5) is 16.6. The number of piperazine rings is 1. The summed E-state index contributed by atoms with van der Waals surface area (Å²) in [5.41, 5.74) is 3.94. The number of anilines is 1. The average Bonchev–Trinajstić information content (AvgIpc) is 3.29. The number of benzene rings is 2. The summed E-state index contributed by atoms with van der Waals surface area (Å²) in [5, 5.41) is 1.45. The Bertz CT molecular complexity index is 1300. The van der Waals surface area contributed by atoms with Crippen molar-refractivity contribution in [3.8, 4) is 0 Å². The third-order valence-corrected chi connectivity index (χ3v) is 6.31. The van der Waals surface area contributed by atoms with Crippen molar-refractivity contribution in [2.24, 2.45) is 7.05 Å². The highest BCUT2D eigenvalue weighted by molar-refractivity contribution is 6.31. The zero-order valence-electron chi connectivity index (χ0n) is 17.2. The number of oxazole rings is 1. The Morgan fingerprint density at radius 2 is 1.94 bits per heavy atom. The van der Waals surface area contributed by atoms with Gasteiger partial charge in [-0.3, -0.25) is 9.47 Å². The standard InChI is InChI=1S/C23H23ClFN3O3/c1-26-19-11-16(24)12-20(22(19)31-23(26)29)28-9-7-27(8-10-28)6-2-3-15-14-30-21-5-4-17(25)13-18(15)21/h4-5,11-14H,2-3,6-10H2,1H3. The molecule has 5 rings (SSSR count). The number of hydrogen-bond donors (Lipinski definition) is 0. The molecule has 4 aromatic rings. The van der Waals surface area contributed by atoms with Gasteiger partial charge in [-0.1, -0.05) is 11.6 Å². The molecule has 0 atom stereocenters. The molecule has 2 aromatic heterocycles. The van der Waals surface area contributed by atoms with Gasteiger partial charge in [0, 0.05) is 43.6 Å². The molecule has 3 heterocycles. The van der Waals surface area contributed by atoms with E-state index in [1.165, 1.54) is 10.6 Å². The first-order chi connectivity index (χ1) is 15.0. The predicted molar refractivity (Wildman–Crippen MR) is 120 cm³/mol. The molecule has 162 valence electrons. The number of furan rings is 1. The van der Waals surface area contributed by atoms with Crippen LogP contribution < -0.4 is 10.7 Å². The Hall–Kier alpha value is -2.77. The van der Waals surface area contributed by atoms with Crippen LogP contribution in [0, 0.1) is 5.82 Å². The van der Waals surface area contributed by atoms with Crippen molar-refractivity contribution in [2.75, 3.05) is 37.6 Å². The lowest BCUT2D eigenvalue weighted by molar-refractivity contribution is 0.255. The highest BCUT2D eigenvalue weighted by Crippen LogP contribution is 2.31. The van der Waals surface area contributed by atoms with Gasteiger partial charge >= 0.3 is 5.76 Å². The molecule has 0 amide bonds. The zero-order chi connectivity index (χ0) is 21.5. The van der Waals surface area contributed by atoms with Crippen LogP contribution in [0.4, 0.5) is 10.1 Å². The van der Waals surface area contributed by atoms with E-state index in [1.54, 1.807) is 31.5 Å². The molecule has 1 aliphatic rings. The van der Waals surface area contributed by atoms with Gasteiger partial charge in [0.25, 0.3) is 0 Å². The molecule has 0 saturated carbocycles. The van der Waals surface area contributed by atoms with Gasteiger partial charge in [-0.2, -0.15) is 0 Å². The fourth-order valence-corrected chi connectivity index (χ4v) is 4.57. The summed E-state index contributed by atoms with van der Waals surface area (Å²) < 4.78 is 26.0. The van der Waals surface area contributed by atoms with Gasteiger partial charge in [-0.25, -0.2) is 9.18 Å². The molecule has 1 aliphatic heterocycles. The molecule has 31 heavy (non-hydrogen) atoms. The molecule has 1 fully saturated rings. The SMILES string of the molecule is Cn1c(=O)oc2c(N3CCN(CCCc4coc5ccc(F)cc45)CC3)cc(Cl)cc21. The lowest BCUT2D eigenvalue weighted by atomic mass is 10.1. The largest absolute Gasteiger partial charge is 0.464 e.